The van der Waals surface area contributed by atoms with Crippen LogP contribution in [0.1, 0.15) is 60.4 Å². The maximum Gasteiger partial charge on any atom is 0.253 e. The second kappa shape index (κ2) is 10.3. The fourth-order valence-corrected chi connectivity index (χ4v) is 5.48. The third-order valence-corrected chi connectivity index (χ3v) is 7.24. The van der Waals surface area contributed by atoms with Crippen LogP contribution in [0, 0.1) is 5.92 Å². The number of likely N-dealkylation sites (tertiary alicyclic amines) is 1. The zero-order valence-corrected chi connectivity index (χ0v) is 19.1. The Balaban J connectivity index is 1.20. The number of pyridine rings is 1. The lowest BCUT2D eigenvalue weighted by atomic mass is 9.83. The molecule has 0 spiro atoms. The van der Waals surface area contributed by atoms with E-state index < -0.39 is 0 Å². The highest BCUT2D eigenvalue weighted by molar-refractivity contribution is 5.94. The number of hydrogen-bond acceptors (Lipinski definition) is 4. The van der Waals surface area contributed by atoms with E-state index in [9.17, 15) is 4.79 Å². The number of rotatable bonds is 6. The van der Waals surface area contributed by atoms with E-state index >= 15 is 0 Å². The van der Waals surface area contributed by atoms with Crippen molar-refractivity contribution in [1.29, 1.82) is 0 Å². The fraction of sp³-hybridized carbons (Fsp3) is 0.444. The minimum atomic E-state index is -0.0211. The van der Waals surface area contributed by atoms with Crippen LogP contribution in [0.25, 0.3) is 5.82 Å². The van der Waals surface area contributed by atoms with Crippen LogP contribution in [-0.2, 0) is 0 Å². The van der Waals surface area contributed by atoms with Crippen LogP contribution in [0.2, 0.25) is 0 Å². The Hall–Kier alpha value is -2.99. The van der Waals surface area contributed by atoms with Gasteiger partial charge in [0.1, 0.15) is 0 Å². The molecule has 2 aromatic heterocycles. The molecule has 3 aromatic rings. The summed E-state index contributed by atoms with van der Waals surface area (Å²) in [5.74, 6) is 1.82. The van der Waals surface area contributed by atoms with E-state index in [0.717, 1.165) is 19.5 Å². The molecule has 2 aliphatic rings. The van der Waals surface area contributed by atoms with Gasteiger partial charge < -0.3 is 10.2 Å². The molecule has 6 nitrogen and oxygen atoms in total. The summed E-state index contributed by atoms with van der Waals surface area (Å²) in [6, 6.07) is 16.7. The number of carbonyl (C=O) groups is 1. The molecule has 3 heterocycles. The van der Waals surface area contributed by atoms with Gasteiger partial charge in [0.25, 0.3) is 5.91 Å². The normalized spacial score (nSPS) is 23.8. The molecule has 1 aliphatic heterocycles. The molecule has 1 N–H and O–H groups in total. The van der Waals surface area contributed by atoms with Gasteiger partial charge in [-0.2, -0.15) is 5.10 Å². The first-order chi connectivity index (χ1) is 16.3. The molecule has 1 aromatic carbocycles. The van der Waals surface area contributed by atoms with E-state index in [0.29, 0.717) is 23.2 Å². The highest BCUT2D eigenvalue weighted by atomic mass is 16.1. The van der Waals surface area contributed by atoms with Gasteiger partial charge in [-0.1, -0.05) is 43.2 Å². The summed E-state index contributed by atoms with van der Waals surface area (Å²) in [6.07, 6.45) is 12.4. The minimum Gasteiger partial charge on any atom is -0.349 e. The van der Waals surface area contributed by atoms with Crippen LogP contribution >= 0.6 is 0 Å². The van der Waals surface area contributed by atoms with Crippen molar-refractivity contribution in [3.05, 3.63) is 78.2 Å². The van der Waals surface area contributed by atoms with Crippen LogP contribution in [0.3, 0.4) is 0 Å². The molecule has 1 aliphatic carbocycles. The van der Waals surface area contributed by atoms with E-state index in [4.69, 9.17) is 0 Å². The molecular formula is C27H33N5O. The van der Waals surface area contributed by atoms with Gasteiger partial charge in [0.15, 0.2) is 5.82 Å². The summed E-state index contributed by atoms with van der Waals surface area (Å²) in [5, 5.41) is 7.54. The van der Waals surface area contributed by atoms with Crippen molar-refractivity contribution >= 4 is 5.91 Å². The third kappa shape index (κ3) is 5.33. The molecule has 1 saturated heterocycles. The summed E-state index contributed by atoms with van der Waals surface area (Å²) < 4.78 is 1.69. The van der Waals surface area contributed by atoms with Crippen LogP contribution in [-0.4, -0.2) is 51.2 Å². The smallest absolute Gasteiger partial charge is 0.253 e. The molecule has 1 amide bonds. The zero-order valence-electron chi connectivity index (χ0n) is 19.1. The highest BCUT2D eigenvalue weighted by Crippen LogP contribution is 2.30. The van der Waals surface area contributed by atoms with Crippen molar-refractivity contribution in [2.24, 2.45) is 5.92 Å². The quantitative estimate of drug-likeness (QED) is 0.612. The van der Waals surface area contributed by atoms with Crippen molar-refractivity contribution in [3.8, 4) is 5.82 Å². The molecule has 172 valence electrons. The molecular weight excluding hydrogens is 410 g/mol. The number of piperidine rings is 1. The van der Waals surface area contributed by atoms with Gasteiger partial charge in [0, 0.05) is 37.7 Å². The molecule has 0 bridgehead atoms. The zero-order chi connectivity index (χ0) is 22.5. The van der Waals surface area contributed by atoms with Crippen molar-refractivity contribution < 1.29 is 4.79 Å². The lowest BCUT2D eigenvalue weighted by Crippen LogP contribution is -2.48. The Labute approximate surface area is 196 Å². The molecule has 3 atom stereocenters. The average molecular weight is 444 g/mol. The maximum atomic E-state index is 13.0. The van der Waals surface area contributed by atoms with Gasteiger partial charge in [-0.05, 0) is 67.8 Å². The van der Waals surface area contributed by atoms with E-state index in [-0.39, 0.29) is 11.9 Å². The standard InChI is InChI=1S/C27H33N5O/c33-27(22-13-14-26(28-18-22)32-17-7-15-29-32)30-25-12-5-4-10-24(25)20-31-16-6-11-23(19-31)21-8-2-1-3-9-21/h1-3,7-9,13-15,17-18,23-25H,4-6,10-12,16,19-20H2,(H,30,33)/t23?,24-,25+/m1/s1. The second-order valence-corrected chi connectivity index (χ2v) is 9.49. The predicted octanol–water partition coefficient (Wildman–Crippen LogP) is 4.44. The van der Waals surface area contributed by atoms with Gasteiger partial charge in [0.05, 0.1) is 5.56 Å². The lowest BCUT2D eigenvalue weighted by molar-refractivity contribution is 0.0871. The first kappa shape index (κ1) is 21.8. The van der Waals surface area contributed by atoms with Gasteiger partial charge in [0.2, 0.25) is 0 Å². The van der Waals surface area contributed by atoms with Gasteiger partial charge >= 0.3 is 0 Å². The molecule has 1 unspecified atom stereocenters. The van der Waals surface area contributed by atoms with E-state index in [1.54, 1.807) is 17.1 Å². The third-order valence-electron chi connectivity index (χ3n) is 7.24. The fourth-order valence-electron chi connectivity index (χ4n) is 5.48. The largest absolute Gasteiger partial charge is 0.349 e. The molecule has 6 heteroatoms. The summed E-state index contributed by atoms with van der Waals surface area (Å²) in [6.45, 7) is 3.37. The monoisotopic (exact) mass is 443 g/mol. The SMILES string of the molecule is O=C(N[C@H]1CCCC[C@@H]1CN1CCCC(c2ccccc2)C1)c1ccc(-n2cccn2)nc1. The van der Waals surface area contributed by atoms with Gasteiger partial charge in [-0.15, -0.1) is 0 Å². The average Bonchev–Trinajstić information content (AvgIpc) is 3.41. The molecule has 2 fully saturated rings. The predicted molar refractivity (Wildman–Crippen MR) is 129 cm³/mol. The Morgan fingerprint density at radius 1 is 1.00 bits per heavy atom. The Morgan fingerprint density at radius 2 is 1.88 bits per heavy atom. The number of amides is 1. The van der Waals surface area contributed by atoms with Crippen molar-refractivity contribution in [2.45, 2.75) is 50.5 Å². The lowest BCUT2D eigenvalue weighted by Gasteiger charge is -2.39. The highest BCUT2D eigenvalue weighted by Gasteiger charge is 2.30. The van der Waals surface area contributed by atoms with Gasteiger partial charge in [-0.3, -0.25) is 4.79 Å². The van der Waals surface area contributed by atoms with Crippen molar-refractivity contribution in [1.82, 2.24) is 25.0 Å². The Kier molecular flexibility index (Phi) is 6.81. The Morgan fingerprint density at radius 3 is 2.67 bits per heavy atom. The number of hydrogen-bond donors (Lipinski definition) is 1. The summed E-state index contributed by atoms with van der Waals surface area (Å²) in [7, 11) is 0. The van der Waals surface area contributed by atoms with E-state index in [1.165, 1.54) is 44.2 Å². The molecule has 5 rings (SSSR count). The van der Waals surface area contributed by atoms with Crippen LogP contribution < -0.4 is 5.32 Å². The second-order valence-electron chi connectivity index (χ2n) is 9.49. The number of carbonyl (C=O) groups excluding carboxylic acids is 1. The molecule has 1 saturated carbocycles. The maximum absolute atomic E-state index is 13.0. The summed E-state index contributed by atoms with van der Waals surface area (Å²) in [4.78, 5) is 20.1. The van der Waals surface area contributed by atoms with Crippen molar-refractivity contribution in [3.63, 3.8) is 0 Å². The first-order valence-corrected chi connectivity index (χ1v) is 12.3. The number of nitrogens with one attached hydrogen (secondary N) is 1. The van der Waals surface area contributed by atoms with Crippen LogP contribution in [0.15, 0.2) is 67.1 Å². The van der Waals surface area contributed by atoms with Gasteiger partial charge in [-0.25, -0.2) is 9.67 Å². The number of nitrogens with zero attached hydrogens (tertiary/aromatic N) is 4. The minimum absolute atomic E-state index is 0.0211. The van der Waals surface area contributed by atoms with Crippen LogP contribution in [0.4, 0.5) is 0 Å². The topological polar surface area (TPSA) is 63.1 Å². The van der Waals surface area contributed by atoms with E-state index in [1.807, 2.05) is 24.4 Å². The number of benzene rings is 1. The van der Waals surface area contributed by atoms with Crippen molar-refractivity contribution in [2.75, 3.05) is 19.6 Å². The molecule has 33 heavy (non-hydrogen) atoms. The van der Waals surface area contributed by atoms with Crippen LogP contribution in [0.5, 0.6) is 0 Å². The summed E-state index contributed by atoms with van der Waals surface area (Å²) >= 11 is 0. The number of aromatic nitrogens is 3. The molecule has 0 radical (unpaired) electrons. The summed E-state index contributed by atoms with van der Waals surface area (Å²) in [5.41, 5.74) is 2.07. The Bertz CT molecular complexity index is 1020. The van der Waals surface area contributed by atoms with E-state index in [2.05, 4.69) is 50.6 Å². The first-order valence-electron chi connectivity index (χ1n) is 12.3.